The maximum atomic E-state index is 12.4. The summed E-state index contributed by atoms with van der Waals surface area (Å²) in [7, 11) is 1.84. The SMILES string of the molecule is CN=C(NCC(C)c1ccsc1)N1CCN(CC(=O)N2CCOCC2)CC1.I. The van der Waals surface area contributed by atoms with Crippen LogP contribution in [0.25, 0.3) is 0 Å². The largest absolute Gasteiger partial charge is 0.378 e. The minimum absolute atomic E-state index is 0. The Morgan fingerprint density at radius 3 is 2.54 bits per heavy atom. The Kier molecular flexibility index (Phi) is 9.96. The van der Waals surface area contributed by atoms with Crippen LogP contribution in [-0.2, 0) is 9.53 Å². The standard InChI is InChI=1S/C19H31N5O2S.HI/c1-16(17-3-12-27-15-17)13-21-19(20-2)24-6-4-22(5-7-24)14-18(25)23-8-10-26-11-9-23;/h3,12,15-16H,4-11,13-14H2,1-2H3,(H,20,21);1H. The van der Waals surface area contributed by atoms with Gasteiger partial charge in [0, 0.05) is 52.9 Å². The van der Waals surface area contributed by atoms with E-state index in [2.05, 4.69) is 43.9 Å². The van der Waals surface area contributed by atoms with Crippen molar-refractivity contribution in [1.82, 2.24) is 20.0 Å². The molecule has 1 amide bonds. The zero-order chi connectivity index (χ0) is 19.1. The quantitative estimate of drug-likeness (QED) is 0.362. The minimum atomic E-state index is 0. The molecule has 0 aromatic carbocycles. The molecule has 2 aliphatic heterocycles. The highest BCUT2D eigenvalue weighted by Gasteiger charge is 2.24. The number of morpholine rings is 1. The molecule has 9 heteroatoms. The lowest BCUT2D eigenvalue weighted by Crippen LogP contribution is -2.55. The van der Waals surface area contributed by atoms with Gasteiger partial charge >= 0.3 is 0 Å². The zero-order valence-corrected chi connectivity index (χ0v) is 19.9. The van der Waals surface area contributed by atoms with Gasteiger partial charge in [-0.3, -0.25) is 14.7 Å². The Hall–Kier alpha value is -0.910. The summed E-state index contributed by atoms with van der Waals surface area (Å²) in [6.07, 6.45) is 0. The molecule has 0 saturated carbocycles. The van der Waals surface area contributed by atoms with Gasteiger partial charge in [-0.2, -0.15) is 11.3 Å². The summed E-state index contributed by atoms with van der Waals surface area (Å²) < 4.78 is 5.32. The summed E-state index contributed by atoms with van der Waals surface area (Å²) in [5, 5.41) is 7.84. The zero-order valence-electron chi connectivity index (χ0n) is 16.8. The molecule has 0 bridgehead atoms. The van der Waals surface area contributed by atoms with Gasteiger partial charge in [0.2, 0.25) is 5.91 Å². The third-order valence-electron chi connectivity index (χ3n) is 5.28. The fourth-order valence-electron chi connectivity index (χ4n) is 3.47. The Labute approximate surface area is 189 Å². The van der Waals surface area contributed by atoms with Crippen LogP contribution in [0.4, 0.5) is 0 Å². The molecule has 1 N–H and O–H groups in total. The normalized spacial score (nSPS) is 19.9. The van der Waals surface area contributed by atoms with E-state index in [-0.39, 0.29) is 29.9 Å². The molecule has 2 saturated heterocycles. The number of rotatable bonds is 5. The summed E-state index contributed by atoms with van der Waals surface area (Å²) in [5.41, 5.74) is 1.37. The van der Waals surface area contributed by atoms with Gasteiger partial charge in [-0.05, 0) is 28.3 Å². The van der Waals surface area contributed by atoms with Crippen LogP contribution in [0.1, 0.15) is 18.4 Å². The molecule has 3 heterocycles. The molecule has 0 spiro atoms. The van der Waals surface area contributed by atoms with Crippen LogP contribution in [0.2, 0.25) is 0 Å². The Morgan fingerprint density at radius 1 is 1.21 bits per heavy atom. The number of piperazine rings is 1. The van der Waals surface area contributed by atoms with Crippen LogP contribution < -0.4 is 5.32 Å². The predicted molar refractivity (Wildman–Crippen MR) is 125 cm³/mol. The van der Waals surface area contributed by atoms with E-state index in [0.29, 0.717) is 25.7 Å². The predicted octanol–water partition coefficient (Wildman–Crippen LogP) is 1.52. The lowest BCUT2D eigenvalue weighted by atomic mass is 10.1. The molecule has 7 nitrogen and oxygen atoms in total. The monoisotopic (exact) mass is 521 g/mol. The highest BCUT2D eigenvalue weighted by Crippen LogP contribution is 2.17. The van der Waals surface area contributed by atoms with Gasteiger partial charge in [-0.25, -0.2) is 0 Å². The van der Waals surface area contributed by atoms with Crippen LogP contribution >= 0.6 is 35.3 Å². The van der Waals surface area contributed by atoms with Crippen molar-refractivity contribution in [3.63, 3.8) is 0 Å². The van der Waals surface area contributed by atoms with Crippen LogP contribution in [0.15, 0.2) is 21.8 Å². The Morgan fingerprint density at radius 2 is 1.93 bits per heavy atom. The molecule has 1 aromatic heterocycles. The maximum Gasteiger partial charge on any atom is 0.236 e. The van der Waals surface area contributed by atoms with Crippen molar-refractivity contribution in [2.45, 2.75) is 12.8 Å². The van der Waals surface area contributed by atoms with Gasteiger partial charge in [-0.15, -0.1) is 24.0 Å². The first kappa shape index (κ1) is 23.4. The second kappa shape index (κ2) is 11.9. The molecule has 2 aliphatic rings. The number of halogens is 1. The highest BCUT2D eigenvalue weighted by molar-refractivity contribution is 14.0. The van der Waals surface area contributed by atoms with Gasteiger partial charge in [0.15, 0.2) is 5.96 Å². The van der Waals surface area contributed by atoms with E-state index >= 15 is 0 Å². The van der Waals surface area contributed by atoms with E-state index in [4.69, 9.17) is 4.74 Å². The van der Waals surface area contributed by atoms with Gasteiger partial charge in [0.05, 0.1) is 19.8 Å². The number of carbonyl (C=O) groups is 1. The van der Waals surface area contributed by atoms with E-state index in [9.17, 15) is 4.79 Å². The smallest absolute Gasteiger partial charge is 0.236 e. The van der Waals surface area contributed by atoms with Crippen molar-refractivity contribution < 1.29 is 9.53 Å². The number of amides is 1. The number of ether oxygens (including phenoxy) is 1. The van der Waals surface area contributed by atoms with E-state index in [1.165, 1.54) is 5.56 Å². The number of nitrogens with zero attached hydrogens (tertiary/aromatic N) is 4. The van der Waals surface area contributed by atoms with Crippen molar-refractivity contribution >= 4 is 47.2 Å². The van der Waals surface area contributed by atoms with Crippen LogP contribution in [0.5, 0.6) is 0 Å². The topological polar surface area (TPSA) is 60.4 Å². The number of carbonyl (C=O) groups excluding carboxylic acids is 1. The van der Waals surface area contributed by atoms with Crippen LogP contribution in [0, 0.1) is 0 Å². The summed E-state index contributed by atoms with van der Waals surface area (Å²) in [5.74, 6) is 1.63. The van der Waals surface area contributed by atoms with E-state index in [1.54, 1.807) is 11.3 Å². The average molecular weight is 521 g/mol. The number of hydrogen-bond donors (Lipinski definition) is 1. The molecule has 28 heavy (non-hydrogen) atoms. The third-order valence-corrected chi connectivity index (χ3v) is 5.99. The van der Waals surface area contributed by atoms with Crippen LogP contribution in [0.3, 0.4) is 0 Å². The molecule has 2 fully saturated rings. The van der Waals surface area contributed by atoms with Gasteiger partial charge in [0.1, 0.15) is 0 Å². The number of aliphatic imine (C=N–C) groups is 1. The highest BCUT2D eigenvalue weighted by atomic mass is 127. The molecule has 0 aliphatic carbocycles. The second-order valence-electron chi connectivity index (χ2n) is 7.14. The number of guanidine groups is 1. The molecule has 0 radical (unpaired) electrons. The summed E-state index contributed by atoms with van der Waals surface area (Å²) in [6.45, 7) is 9.93. The van der Waals surface area contributed by atoms with Gasteiger partial charge in [-0.1, -0.05) is 6.92 Å². The minimum Gasteiger partial charge on any atom is -0.378 e. The molecular weight excluding hydrogens is 489 g/mol. The van der Waals surface area contributed by atoms with Gasteiger partial charge in [0.25, 0.3) is 0 Å². The molecule has 1 atom stereocenters. The van der Waals surface area contributed by atoms with Crippen molar-refractivity contribution in [1.29, 1.82) is 0 Å². The lowest BCUT2D eigenvalue weighted by molar-refractivity contribution is -0.136. The van der Waals surface area contributed by atoms with Gasteiger partial charge < -0.3 is 19.9 Å². The average Bonchev–Trinajstić information content (AvgIpc) is 3.25. The number of thiophene rings is 1. The Balaban J connectivity index is 0.00000280. The first-order chi connectivity index (χ1) is 13.2. The maximum absolute atomic E-state index is 12.4. The molecule has 1 unspecified atom stereocenters. The second-order valence-corrected chi connectivity index (χ2v) is 7.92. The van der Waals surface area contributed by atoms with Crippen molar-refractivity contribution in [3.8, 4) is 0 Å². The first-order valence-corrected chi connectivity index (χ1v) is 10.7. The van der Waals surface area contributed by atoms with Crippen molar-refractivity contribution in [2.24, 2.45) is 4.99 Å². The lowest BCUT2D eigenvalue weighted by Gasteiger charge is -2.37. The number of nitrogens with one attached hydrogen (secondary N) is 1. The van der Waals surface area contributed by atoms with E-state index in [1.807, 2.05) is 11.9 Å². The first-order valence-electron chi connectivity index (χ1n) is 9.73. The summed E-state index contributed by atoms with van der Waals surface area (Å²) in [4.78, 5) is 23.3. The summed E-state index contributed by atoms with van der Waals surface area (Å²) in [6, 6.07) is 2.18. The van der Waals surface area contributed by atoms with E-state index in [0.717, 1.165) is 51.8 Å². The van der Waals surface area contributed by atoms with Crippen molar-refractivity contribution in [3.05, 3.63) is 22.4 Å². The third kappa shape index (κ3) is 6.57. The molecule has 1 aromatic rings. The summed E-state index contributed by atoms with van der Waals surface area (Å²) >= 11 is 1.74. The fraction of sp³-hybridized carbons (Fsp3) is 0.684. The number of hydrogen-bond acceptors (Lipinski definition) is 5. The Bertz CT molecular complexity index is 614. The van der Waals surface area contributed by atoms with Crippen LogP contribution in [-0.4, -0.2) is 99.2 Å². The van der Waals surface area contributed by atoms with E-state index < -0.39 is 0 Å². The molecule has 3 rings (SSSR count). The van der Waals surface area contributed by atoms with Crippen molar-refractivity contribution in [2.75, 3.05) is 72.6 Å². The molecular formula is C19H32IN5O2S. The molecule has 158 valence electrons. The fourth-order valence-corrected chi connectivity index (χ4v) is 4.25.